The lowest BCUT2D eigenvalue weighted by atomic mass is 10.1. The number of amides is 1. The average Bonchev–Trinajstić information content (AvgIpc) is 2.41. The van der Waals surface area contributed by atoms with Gasteiger partial charge in [-0.1, -0.05) is 24.8 Å². The molecular weight excluding hydrogens is 174 g/mol. The Kier molecular flexibility index (Phi) is 1.92. The van der Waals surface area contributed by atoms with Crippen molar-refractivity contribution in [2.75, 3.05) is 0 Å². The maximum Gasteiger partial charge on any atom is 0.259 e. The zero-order chi connectivity index (χ0) is 10.3. The molecule has 1 aliphatic heterocycles. The van der Waals surface area contributed by atoms with Crippen LogP contribution >= 0.6 is 0 Å². The van der Waals surface area contributed by atoms with Gasteiger partial charge in [-0.25, -0.2) is 0 Å². The van der Waals surface area contributed by atoms with Gasteiger partial charge in [-0.3, -0.25) is 4.79 Å². The Bertz CT molecular complexity index is 372. The smallest absolute Gasteiger partial charge is 0.259 e. The van der Waals surface area contributed by atoms with Crippen LogP contribution in [-0.2, 0) is 0 Å². The number of benzene rings is 1. The van der Waals surface area contributed by atoms with E-state index in [-0.39, 0.29) is 11.9 Å². The molecule has 0 unspecified atom stereocenters. The van der Waals surface area contributed by atoms with Crippen LogP contribution in [-0.4, -0.2) is 16.8 Å². The summed E-state index contributed by atoms with van der Waals surface area (Å²) in [5, 5.41) is 0. The van der Waals surface area contributed by atoms with E-state index in [0.29, 0.717) is 0 Å². The number of nitrogens with zero attached hydrogens (tertiary/aromatic N) is 1. The third-order valence-corrected chi connectivity index (χ3v) is 2.49. The van der Waals surface area contributed by atoms with E-state index in [9.17, 15) is 4.79 Å². The van der Waals surface area contributed by atoms with Crippen LogP contribution in [0.25, 0.3) is 5.70 Å². The van der Waals surface area contributed by atoms with Crippen molar-refractivity contribution in [3.8, 4) is 0 Å². The number of hydrogen-bond donors (Lipinski definition) is 0. The van der Waals surface area contributed by atoms with Gasteiger partial charge in [-0.2, -0.15) is 0 Å². The van der Waals surface area contributed by atoms with Crippen molar-refractivity contribution in [3.63, 3.8) is 0 Å². The second kappa shape index (κ2) is 2.98. The first-order valence-electron chi connectivity index (χ1n) is 4.75. The van der Waals surface area contributed by atoms with Crippen molar-refractivity contribution in [1.82, 2.24) is 4.90 Å². The molecule has 1 aromatic carbocycles. The molecule has 1 amide bonds. The molecule has 1 heterocycles. The SMILES string of the molecule is C=C1c2ccccc2C(=O)N1C(C)C. The predicted octanol–water partition coefficient (Wildman–Crippen LogP) is 2.52. The Hall–Kier alpha value is -1.57. The first-order chi connectivity index (χ1) is 6.63. The highest BCUT2D eigenvalue weighted by Gasteiger charge is 2.31. The zero-order valence-electron chi connectivity index (χ0n) is 8.45. The van der Waals surface area contributed by atoms with E-state index in [1.807, 2.05) is 38.1 Å². The Morgan fingerprint density at radius 1 is 1.21 bits per heavy atom. The van der Waals surface area contributed by atoms with Gasteiger partial charge in [-0.05, 0) is 19.9 Å². The van der Waals surface area contributed by atoms with Crippen LogP contribution in [0.15, 0.2) is 30.8 Å². The minimum absolute atomic E-state index is 0.0700. The first kappa shape index (κ1) is 9.00. The Balaban J connectivity index is 2.54. The molecule has 0 aliphatic carbocycles. The maximum absolute atomic E-state index is 11.9. The fourth-order valence-corrected chi connectivity index (χ4v) is 1.85. The Morgan fingerprint density at radius 3 is 2.29 bits per heavy atom. The molecule has 0 radical (unpaired) electrons. The van der Waals surface area contributed by atoms with E-state index in [4.69, 9.17) is 0 Å². The summed E-state index contributed by atoms with van der Waals surface area (Å²) in [5.74, 6) is 0.0700. The molecule has 0 bridgehead atoms. The number of hydrogen-bond acceptors (Lipinski definition) is 1. The lowest BCUT2D eigenvalue weighted by molar-refractivity contribution is 0.0821. The predicted molar refractivity (Wildman–Crippen MR) is 56.8 cm³/mol. The lowest BCUT2D eigenvalue weighted by Crippen LogP contribution is -2.29. The molecule has 0 saturated carbocycles. The van der Waals surface area contributed by atoms with Gasteiger partial charge < -0.3 is 4.90 Å². The van der Waals surface area contributed by atoms with Crippen LogP contribution in [0, 0.1) is 0 Å². The van der Waals surface area contributed by atoms with E-state index in [1.165, 1.54) is 0 Å². The molecule has 0 atom stereocenters. The summed E-state index contributed by atoms with van der Waals surface area (Å²) in [6.45, 7) is 7.94. The second-order valence-electron chi connectivity index (χ2n) is 3.76. The van der Waals surface area contributed by atoms with Crippen LogP contribution in [0.2, 0.25) is 0 Å². The van der Waals surface area contributed by atoms with Gasteiger partial charge in [0, 0.05) is 22.9 Å². The fraction of sp³-hybridized carbons (Fsp3) is 0.250. The van der Waals surface area contributed by atoms with Gasteiger partial charge in [0.05, 0.1) is 0 Å². The van der Waals surface area contributed by atoms with Crippen molar-refractivity contribution < 1.29 is 4.79 Å². The minimum atomic E-state index is 0.0700. The quantitative estimate of drug-likeness (QED) is 0.661. The fourth-order valence-electron chi connectivity index (χ4n) is 1.85. The Labute approximate surface area is 83.8 Å². The number of carbonyl (C=O) groups excluding carboxylic acids is 1. The molecule has 0 N–H and O–H groups in total. The molecule has 14 heavy (non-hydrogen) atoms. The number of rotatable bonds is 1. The van der Waals surface area contributed by atoms with Gasteiger partial charge in [0.25, 0.3) is 5.91 Å². The molecule has 2 heteroatoms. The van der Waals surface area contributed by atoms with E-state index >= 15 is 0 Å². The molecule has 0 fully saturated rings. The molecular formula is C12H13NO. The van der Waals surface area contributed by atoms with Gasteiger partial charge >= 0.3 is 0 Å². The average molecular weight is 187 g/mol. The molecule has 0 aromatic heterocycles. The van der Waals surface area contributed by atoms with Crippen LogP contribution in [0.4, 0.5) is 0 Å². The third kappa shape index (κ3) is 1.07. The van der Waals surface area contributed by atoms with Gasteiger partial charge in [-0.15, -0.1) is 0 Å². The summed E-state index contributed by atoms with van der Waals surface area (Å²) in [6.07, 6.45) is 0. The standard InChI is InChI=1S/C12H13NO/c1-8(2)13-9(3)10-6-4-5-7-11(10)12(13)14/h4-8H,3H2,1-2H3. The van der Waals surface area contributed by atoms with Crippen LogP contribution in [0.3, 0.4) is 0 Å². The minimum Gasteiger partial charge on any atom is -0.306 e. The summed E-state index contributed by atoms with van der Waals surface area (Å²) in [7, 11) is 0. The molecule has 2 rings (SSSR count). The van der Waals surface area contributed by atoms with Crippen LogP contribution < -0.4 is 0 Å². The topological polar surface area (TPSA) is 20.3 Å². The van der Waals surface area contributed by atoms with Crippen LogP contribution in [0.1, 0.15) is 29.8 Å². The normalized spacial score (nSPS) is 15.2. The summed E-state index contributed by atoms with van der Waals surface area (Å²) < 4.78 is 0. The lowest BCUT2D eigenvalue weighted by Gasteiger charge is -2.21. The molecule has 72 valence electrons. The Morgan fingerprint density at radius 2 is 1.79 bits per heavy atom. The number of carbonyl (C=O) groups is 1. The maximum atomic E-state index is 11.9. The number of fused-ring (bicyclic) bond motifs is 1. The largest absolute Gasteiger partial charge is 0.306 e. The van der Waals surface area contributed by atoms with E-state index in [0.717, 1.165) is 16.8 Å². The summed E-state index contributed by atoms with van der Waals surface area (Å²) in [6, 6.07) is 7.78. The highest BCUT2D eigenvalue weighted by molar-refractivity contribution is 6.08. The first-order valence-corrected chi connectivity index (χ1v) is 4.75. The second-order valence-corrected chi connectivity index (χ2v) is 3.76. The molecule has 1 aromatic rings. The summed E-state index contributed by atoms with van der Waals surface area (Å²) >= 11 is 0. The van der Waals surface area contributed by atoms with Gasteiger partial charge in [0.2, 0.25) is 0 Å². The van der Waals surface area contributed by atoms with Crippen molar-refractivity contribution in [2.24, 2.45) is 0 Å². The highest BCUT2D eigenvalue weighted by atomic mass is 16.2. The van der Waals surface area contributed by atoms with Gasteiger partial charge in [0.1, 0.15) is 0 Å². The van der Waals surface area contributed by atoms with Crippen molar-refractivity contribution in [2.45, 2.75) is 19.9 Å². The van der Waals surface area contributed by atoms with Crippen LogP contribution in [0.5, 0.6) is 0 Å². The van der Waals surface area contributed by atoms with Crippen molar-refractivity contribution in [3.05, 3.63) is 42.0 Å². The summed E-state index contributed by atoms with van der Waals surface area (Å²) in [4.78, 5) is 13.7. The molecule has 1 aliphatic rings. The molecule has 0 spiro atoms. The van der Waals surface area contributed by atoms with E-state index in [1.54, 1.807) is 4.90 Å². The highest BCUT2D eigenvalue weighted by Crippen LogP contribution is 2.32. The van der Waals surface area contributed by atoms with E-state index in [2.05, 4.69) is 6.58 Å². The van der Waals surface area contributed by atoms with Gasteiger partial charge in [0.15, 0.2) is 0 Å². The molecule has 0 saturated heterocycles. The van der Waals surface area contributed by atoms with E-state index < -0.39 is 0 Å². The van der Waals surface area contributed by atoms with Crippen molar-refractivity contribution >= 4 is 11.6 Å². The summed E-state index contributed by atoms with van der Waals surface area (Å²) in [5.41, 5.74) is 2.55. The molecule has 2 nitrogen and oxygen atoms in total. The zero-order valence-corrected chi connectivity index (χ0v) is 8.45. The van der Waals surface area contributed by atoms with Crippen molar-refractivity contribution in [1.29, 1.82) is 0 Å². The monoisotopic (exact) mass is 187 g/mol. The third-order valence-electron chi connectivity index (χ3n) is 2.49.